The average Bonchev–Trinajstić information content (AvgIpc) is 2.72. The topological polar surface area (TPSA) is 78.4 Å². The summed E-state index contributed by atoms with van der Waals surface area (Å²) in [5, 5.41) is 16.7. The standard InChI is InChI=1S/C15H22N2O3S/c1-10(11-6-4-2-3-5-7-11)16-15(20)17-13-12(14(18)19)8-9-21-13/h8-11H,2-7H2,1H3,(H,18,19)(H2,16,17,20)/t10-/m0/s1. The van der Waals surface area contributed by atoms with E-state index in [0.717, 1.165) is 12.8 Å². The molecule has 0 bridgehead atoms. The Balaban J connectivity index is 1.88. The quantitative estimate of drug-likeness (QED) is 0.737. The Hall–Kier alpha value is -1.56. The molecule has 0 radical (unpaired) electrons. The van der Waals surface area contributed by atoms with Crippen molar-refractivity contribution in [2.24, 2.45) is 5.92 Å². The van der Waals surface area contributed by atoms with E-state index in [0.29, 0.717) is 10.9 Å². The molecule has 116 valence electrons. The van der Waals surface area contributed by atoms with Crippen molar-refractivity contribution in [3.8, 4) is 0 Å². The minimum atomic E-state index is -1.02. The van der Waals surface area contributed by atoms with Crippen LogP contribution in [0.1, 0.15) is 55.8 Å². The highest BCUT2D eigenvalue weighted by Crippen LogP contribution is 2.26. The van der Waals surface area contributed by atoms with Gasteiger partial charge in [-0.15, -0.1) is 11.3 Å². The molecule has 2 amide bonds. The first-order chi connectivity index (χ1) is 10.1. The number of aromatic carboxylic acids is 1. The number of amides is 2. The van der Waals surface area contributed by atoms with E-state index in [1.807, 2.05) is 6.92 Å². The van der Waals surface area contributed by atoms with Crippen molar-refractivity contribution in [1.82, 2.24) is 5.32 Å². The number of rotatable bonds is 4. The zero-order valence-electron chi connectivity index (χ0n) is 12.2. The number of carboxylic acids is 1. The van der Waals surface area contributed by atoms with Crippen LogP contribution < -0.4 is 10.6 Å². The van der Waals surface area contributed by atoms with E-state index >= 15 is 0 Å². The number of carbonyl (C=O) groups excluding carboxylic acids is 1. The normalized spacial score (nSPS) is 17.8. The molecule has 0 aromatic carbocycles. The van der Waals surface area contributed by atoms with Crippen LogP contribution >= 0.6 is 11.3 Å². The molecule has 1 fully saturated rings. The van der Waals surface area contributed by atoms with Crippen LogP contribution in [0, 0.1) is 5.92 Å². The van der Waals surface area contributed by atoms with E-state index in [-0.39, 0.29) is 17.6 Å². The van der Waals surface area contributed by atoms with Gasteiger partial charge in [-0.1, -0.05) is 25.7 Å². The fourth-order valence-corrected chi connectivity index (χ4v) is 3.62. The summed E-state index contributed by atoms with van der Waals surface area (Å²) in [6.07, 6.45) is 7.33. The monoisotopic (exact) mass is 310 g/mol. The third-order valence-electron chi connectivity index (χ3n) is 4.09. The van der Waals surface area contributed by atoms with Crippen molar-refractivity contribution in [3.63, 3.8) is 0 Å². The second kappa shape index (κ2) is 7.45. The van der Waals surface area contributed by atoms with E-state index in [1.54, 1.807) is 5.38 Å². The molecule has 1 heterocycles. The van der Waals surface area contributed by atoms with Crippen molar-refractivity contribution >= 4 is 28.3 Å². The molecule has 0 unspecified atom stereocenters. The molecule has 3 N–H and O–H groups in total. The van der Waals surface area contributed by atoms with E-state index in [1.165, 1.54) is 43.1 Å². The van der Waals surface area contributed by atoms with E-state index < -0.39 is 5.97 Å². The second-order valence-corrected chi connectivity index (χ2v) is 6.52. The summed E-state index contributed by atoms with van der Waals surface area (Å²) in [7, 11) is 0. The highest BCUT2D eigenvalue weighted by molar-refractivity contribution is 7.14. The summed E-state index contributed by atoms with van der Waals surface area (Å²) in [6.45, 7) is 2.03. The summed E-state index contributed by atoms with van der Waals surface area (Å²) >= 11 is 1.22. The molecule has 1 atom stereocenters. The number of hydrogen-bond donors (Lipinski definition) is 3. The SMILES string of the molecule is C[C@H](NC(=O)Nc1sccc1C(=O)O)C1CCCCCC1. The number of carbonyl (C=O) groups is 2. The zero-order chi connectivity index (χ0) is 15.2. The van der Waals surface area contributed by atoms with Crippen LogP contribution in [0.2, 0.25) is 0 Å². The lowest BCUT2D eigenvalue weighted by atomic mass is 9.93. The van der Waals surface area contributed by atoms with Gasteiger partial charge in [-0.05, 0) is 37.1 Å². The van der Waals surface area contributed by atoms with Crippen molar-refractivity contribution in [1.29, 1.82) is 0 Å². The molecule has 2 rings (SSSR count). The highest BCUT2D eigenvalue weighted by atomic mass is 32.1. The van der Waals surface area contributed by atoms with Crippen molar-refractivity contribution < 1.29 is 14.7 Å². The molecule has 0 aliphatic heterocycles. The number of thiophene rings is 1. The minimum absolute atomic E-state index is 0.108. The molecule has 1 aromatic rings. The zero-order valence-corrected chi connectivity index (χ0v) is 13.0. The molecule has 5 nitrogen and oxygen atoms in total. The van der Waals surface area contributed by atoms with Gasteiger partial charge in [0.15, 0.2) is 0 Å². The van der Waals surface area contributed by atoms with Gasteiger partial charge in [0.25, 0.3) is 0 Å². The van der Waals surface area contributed by atoms with Crippen molar-refractivity contribution in [2.45, 2.75) is 51.5 Å². The number of nitrogens with one attached hydrogen (secondary N) is 2. The molecule has 1 aliphatic rings. The summed E-state index contributed by atoms with van der Waals surface area (Å²) in [5.74, 6) is -0.510. The molecule has 6 heteroatoms. The Kier molecular flexibility index (Phi) is 5.61. The summed E-state index contributed by atoms with van der Waals surface area (Å²) in [4.78, 5) is 23.0. The fraction of sp³-hybridized carbons (Fsp3) is 0.600. The van der Waals surface area contributed by atoms with Crippen LogP contribution in [0.4, 0.5) is 9.80 Å². The minimum Gasteiger partial charge on any atom is -0.478 e. The van der Waals surface area contributed by atoms with Gasteiger partial charge in [-0.25, -0.2) is 9.59 Å². The Morgan fingerprint density at radius 1 is 1.29 bits per heavy atom. The number of hydrogen-bond acceptors (Lipinski definition) is 3. The lowest BCUT2D eigenvalue weighted by molar-refractivity contribution is 0.0698. The first-order valence-corrected chi connectivity index (χ1v) is 8.34. The highest BCUT2D eigenvalue weighted by Gasteiger charge is 2.21. The molecule has 0 saturated heterocycles. The lowest BCUT2D eigenvalue weighted by Gasteiger charge is -2.23. The molecule has 1 aliphatic carbocycles. The second-order valence-electron chi connectivity index (χ2n) is 5.61. The third kappa shape index (κ3) is 4.46. The van der Waals surface area contributed by atoms with Gasteiger partial charge in [0.1, 0.15) is 5.00 Å². The number of urea groups is 1. The van der Waals surface area contributed by atoms with Crippen LogP contribution in [-0.2, 0) is 0 Å². The van der Waals surface area contributed by atoms with E-state index in [4.69, 9.17) is 5.11 Å². The maximum Gasteiger partial charge on any atom is 0.338 e. The Labute approximate surface area is 128 Å². The van der Waals surface area contributed by atoms with Gasteiger partial charge >= 0.3 is 12.0 Å². The van der Waals surface area contributed by atoms with Crippen LogP contribution in [0.25, 0.3) is 0 Å². The Morgan fingerprint density at radius 3 is 2.57 bits per heavy atom. The molecule has 21 heavy (non-hydrogen) atoms. The average molecular weight is 310 g/mol. The maximum atomic E-state index is 12.0. The number of anilines is 1. The predicted octanol–water partition coefficient (Wildman–Crippen LogP) is 3.93. The maximum absolute atomic E-state index is 12.0. The van der Waals surface area contributed by atoms with Crippen molar-refractivity contribution in [3.05, 3.63) is 17.0 Å². The van der Waals surface area contributed by atoms with Gasteiger partial charge in [0.2, 0.25) is 0 Å². The molecular formula is C15H22N2O3S. The first-order valence-electron chi connectivity index (χ1n) is 7.46. The first kappa shape index (κ1) is 15.8. The number of carboxylic acid groups (broad SMARTS) is 1. The van der Waals surface area contributed by atoms with E-state index in [9.17, 15) is 9.59 Å². The summed E-state index contributed by atoms with van der Waals surface area (Å²) in [6, 6.07) is 1.28. The molecule has 0 spiro atoms. The molecule has 1 saturated carbocycles. The predicted molar refractivity (Wildman–Crippen MR) is 84.1 cm³/mol. The van der Waals surface area contributed by atoms with Crippen molar-refractivity contribution in [2.75, 3.05) is 5.32 Å². The van der Waals surface area contributed by atoms with Crippen LogP contribution in [-0.4, -0.2) is 23.1 Å². The van der Waals surface area contributed by atoms with Gasteiger partial charge in [-0.3, -0.25) is 5.32 Å². The van der Waals surface area contributed by atoms with Crippen LogP contribution in [0.5, 0.6) is 0 Å². The van der Waals surface area contributed by atoms with Crippen LogP contribution in [0.15, 0.2) is 11.4 Å². The van der Waals surface area contributed by atoms with Crippen LogP contribution in [0.3, 0.4) is 0 Å². The van der Waals surface area contributed by atoms with Gasteiger partial charge in [0, 0.05) is 6.04 Å². The summed E-state index contributed by atoms with van der Waals surface area (Å²) in [5.41, 5.74) is 0.136. The van der Waals surface area contributed by atoms with Gasteiger partial charge < -0.3 is 10.4 Å². The largest absolute Gasteiger partial charge is 0.478 e. The van der Waals surface area contributed by atoms with Gasteiger partial charge in [0.05, 0.1) is 5.56 Å². The third-order valence-corrected chi connectivity index (χ3v) is 4.92. The molecule has 1 aromatic heterocycles. The van der Waals surface area contributed by atoms with Gasteiger partial charge in [-0.2, -0.15) is 0 Å². The molecular weight excluding hydrogens is 288 g/mol. The Morgan fingerprint density at radius 2 is 1.95 bits per heavy atom. The lowest BCUT2D eigenvalue weighted by Crippen LogP contribution is -2.40. The Bertz CT molecular complexity index is 493. The summed E-state index contributed by atoms with van der Waals surface area (Å²) < 4.78 is 0. The smallest absolute Gasteiger partial charge is 0.338 e. The fourth-order valence-electron chi connectivity index (χ4n) is 2.85. The van der Waals surface area contributed by atoms with E-state index in [2.05, 4.69) is 10.6 Å².